The summed E-state index contributed by atoms with van der Waals surface area (Å²) in [5.41, 5.74) is 1.20. The van der Waals surface area contributed by atoms with Gasteiger partial charge in [0.15, 0.2) is 0 Å². The van der Waals surface area contributed by atoms with E-state index in [1.54, 1.807) is 52.5 Å². The van der Waals surface area contributed by atoms with Crippen LogP contribution in [0.15, 0.2) is 116 Å². The average molecular weight is 1020 g/mol. The summed E-state index contributed by atoms with van der Waals surface area (Å²) in [6, 6.07) is 16.8. The first-order valence-electron chi connectivity index (χ1n) is 17.9. The van der Waals surface area contributed by atoms with Gasteiger partial charge in [-0.2, -0.15) is 24.8 Å². The number of azo groups is 2. The van der Waals surface area contributed by atoms with Crippen molar-refractivity contribution in [1.82, 2.24) is 0 Å². The van der Waals surface area contributed by atoms with E-state index < -0.39 is 52.8 Å². The van der Waals surface area contributed by atoms with Crippen molar-refractivity contribution in [1.29, 1.82) is 0 Å². The van der Waals surface area contributed by atoms with E-state index in [2.05, 4.69) is 36.4 Å². The van der Waals surface area contributed by atoms with E-state index in [9.17, 15) is 53.0 Å². The van der Waals surface area contributed by atoms with Gasteiger partial charge >= 0.3 is 133 Å². The van der Waals surface area contributed by atoms with E-state index in [-0.39, 0.29) is 158 Å². The number of carboxylic acid groups (broad SMARTS) is 2. The zero-order valence-electron chi connectivity index (χ0n) is 38.5. The van der Waals surface area contributed by atoms with Crippen LogP contribution in [-0.2, 0) is 42.3 Å². The topological polar surface area (TPSA) is 323 Å². The molecule has 4 rings (SSSR count). The molecule has 67 heavy (non-hydrogen) atoms. The summed E-state index contributed by atoms with van der Waals surface area (Å²) in [5, 5.41) is 68.9. The molecule has 1 unspecified atom stereocenters. The fraction of sp³-hybridized carbons (Fsp3) is 0.256. The van der Waals surface area contributed by atoms with Crippen LogP contribution in [0.25, 0.3) is 0 Å². The number of carbonyl (C=O) groups excluding carboxylic acids is 3. The van der Waals surface area contributed by atoms with Gasteiger partial charge in [0, 0.05) is 43.4 Å². The number of rotatable bonds is 19. The molecule has 0 fully saturated rings. The number of hydrogen-bond acceptors (Lipinski definition) is 22. The number of aryl methyl sites for hydroxylation is 2. The van der Waals surface area contributed by atoms with Crippen molar-refractivity contribution in [2.75, 3.05) is 27.9 Å². The molecule has 0 saturated heterocycles. The molecule has 0 saturated carbocycles. The van der Waals surface area contributed by atoms with E-state index >= 15 is 0 Å². The molecular formula is C39H42N4Na4O17S2Si. The van der Waals surface area contributed by atoms with E-state index in [4.69, 9.17) is 18.0 Å². The number of aromatic carboxylic acids is 2. The van der Waals surface area contributed by atoms with Crippen LogP contribution in [0.5, 0.6) is 11.5 Å². The van der Waals surface area contributed by atoms with Crippen LogP contribution in [-0.4, -0.2) is 77.8 Å². The summed E-state index contributed by atoms with van der Waals surface area (Å²) >= 11 is 0.736. The minimum atomic E-state index is -4.63. The standard InChI is InChI=1S/2C14H12N2O6S.C11H22O5Si.4Na/c1-8-2-3-10(7-13(8)23(20,21)22)16-15-9-4-5-12(17)11(6-9)14(18)19;1-8-2-3-10(7-13(8)23-22-21-20)16-15-9-4-5-12(17)11(6-9)14(18)19;1-6-10(2)11(12)16-8-7-9-17(13-3,14-4)15-5;;;;/h2-7,17H,1H3,(H,18,19)(H,20,21,22);2-7,17,20H,1H3,(H,18,19);6,10H,1,7-9H2,2-5H3;;;;/q;;;4*+1/p-4. The van der Waals surface area contributed by atoms with Gasteiger partial charge in [-0.05, 0) is 99.0 Å². The smallest absolute Gasteiger partial charge is 0.744 e. The van der Waals surface area contributed by atoms with E-state index in [0.29, 0.717) is 29.7 Å². The number of carboxylic acids is 2. The van der Waals surface area contributed by atoms with Gasteiger partial charge in [-0.3, -0.25) is 9.83 Å². The summed E-state index contributed by atoms with van der Waals surface area (Å²) in [6.07, 6.45) is 2.21. The van der Waals surface area contributed by atoms with Gasteiger partial charge in [0.2, 0.25) is 0 Å². The maximum atomic E-state index is 11.3. The second-order valence-corrected chi connectivity index (χ2v) is 17.7. The zero-order valence-corrected chi connectivity index (χ0v) is 49.2. The Hall–Kier alpha value is -1.93. The normalized spacial score (nSPS) is 11.2. The molecule has 21 nitrogen and oxygen atoms in total. The molecule has 0 aliphatic rings. The number of aromatic hydroxyl groups is 2. The van der Waals surface area contributed by atoms with Crippen molar-refractivity contribution in [3.63, 3.8) is 0 Å². The number of ether oxygens (including phenoxy) is 1. The van der Waals surface area contributed by atoms with Gasteiger partial charge in [0.05, 0.1) is 64.2 Å². The number of esters is 1. The molecule has 28 heteroatoms. The molecule has 0 heterocycles. The van der Waals surface area contributed by atoms with Crippen molar-refractivity contribution in [3.05, 3.63) is 108 Å². The molecule has 340 valence electrons. The summed E-state index contributed by atoms with van der Waals surface area (Å²) < 4.78 is 58.4. The van der Waals surface area contributed by atoms with Gasteiger partial charge < -0.3 is 57.8 Å². The molecule has 0 aliphatic heterocycles. The van der Waals surface area contributed by atoms with E-state index in [0.717, 1.165) is 41.9 Å². The summed E-state index contributed by atoms with van der Waals surface area (Å²) in [6.45, 7) is 8.89. The Bertz CT molecular complexity index is 2390. The first-order chi connectivity index (χ1) is 29.7. The Morgan fingerprint density at radius 3 is 1.57 bits per heavy atom. The first-order valence-corrected chi connectivity index (χ1v) is 22.0. The van der Waals surface area contributed by atoms with Crippen LogP contribution >= 0.6 is 12.0 Å². The minimum absolute atomic E-state index is 0. The molecule has 1 atom stereocenters. The average Bonchev–Trinajstić information content (AvgIpc) is 3.26. The molecule has 0 amide bonds. The van der Waals surface area contributed by atoms with Crippen molar-refractivity contribution >= 4 is 71.6 Å². The van der Waals surface area contributed by atoms with Crippen LogP contribution in [0.3, 0.4) is 0 Å². The van der Waals surface area contributed by atoms with Crippen LogP contribution in [0.2, 0.25) is 6.04 Å². The molecule has 0 bridgehead atoms. The first kappa shape index (κ1) is 69.3. The summed E-state index contributed by atoms with van der Waals surface area (Å²) in [5.74, 6) is -4.51. The van der Waals surface area contributed by atoms with Gasteiger partial charge in [-0.25, -0.2) is 8.42 Å². The quantitative estimate of drug-likeness (QED) is 0.0101. The molecule has 0 radical (unpaired) electrons. The van der Waals surface area contributed by atoms with Crippen LogP contribution in [0.1, 0.15) is 45.2 Å². The Labute approximate surface area is 481 Å². The third kappa shape index (κ3) is 24.2. The molecule has 0 aliphatic carbocycles. The molecular weight excluding hydrogens is 981 g/mol. The number of phenols is 2. The van der Waals surface area contributed by atoms with Crippen molar-refractivity contribution < 1.29 is 199 Å². The second-order valence-electron chi connectivity index (χ2n) is 12.5. The zero-order chi connectivity index (χ0) is 47.3. The third-order valence-electron chi connectivity index (χ3n) is 8.26. The molecule has 4 aromatic rings. The van der Waals surface area contributed by atoms with Crippen molar-refractivity contribution in [3.8, 4) is 11.5 Å². The predicted octanol–water partition coefficient (Wildman–Crippen LogP) is -7.27. The Balaban J connectivity index is -0.000000903. The fourth-order valence-electron chi connectivity index (χ4n) is 4.69. The largest absolute Gasteiger partial charge is 1.00 e. The van der Waals surface area contributed by atoms with Gasteiger partial charge in [-0.1, -0.05) is 18.2 Å². The second kappa shape index (κ2) is 35.2. The SMILES string of the molecule is C=CC(C)C(=O)OCCC[Si](OC)(OC)OC.Cc1ccc(N=Nc2ccc(O)c(C(=O)[O-])c2)cc1S(=O)(=O)[O-].Cc1ccc(N=Nc2ccc(O)c(C(=O)[O-])c2)cc1SOO[O-].[Na+].[Na+].[Na+].[Na+]. The Morgan fingerprint density at radius 2 is 1.16 bits per heavy atom. The van der Waals surface area contributed by atoms with Crippen LogP contribution < -0.4 is 134 Å². The molecule has 4 aromatic carbocycles. The number of hydrogen-bond donors (Lipinski definition) is 2. The van der Waals surface area contributed by atoms with Crippen molar-refractivity contribution in [2.45, 2.75) is 43.0 Å². The monoisotopic (exact) mass is 1020 g/mol. The van der Waals surface area contributed by atoms with Gasteiger partial charge in [0.1, 0.15) is 21.6 Å². The summed E-state index contributed by atoms with van der Waals surface area (Å²) in [4.78, 5) is 33.2. The number of benzene rings is 4. The maximum Gasteiger partial charge on any atom is 1.00 e. The Kier molecular flexibility index (Phi) is 36.4. The van der Waals surface area contributed by atoms with Gasteiger partial charge in [0.25, 0.3) is 0 Å². The molecule has 0 spiro atoms. The van der Waals surface area contributed by atoms with Crippen LogP contribution in [0, 0.1) is 19.8 Å². The fourth-order valence-corrected chi connectivity index (χ4v) is 7.57. The molecule has 2 N–H and O–H groups in total. The number of carbonyl (C=O) groups is 3. The predicted molar refractivity (Wildman–Crippen MR) is 218 cm³/mol. The van der Waals surface area contributed by atoms with Crippen LogP contribution in [0.4, 0.5) is 22.7 Å². The maximum absolute atomic E-state index is 11.3. The minimum Gasteiger partial charge on any atom is -0.744 e. The number of nitrogens with zero attached hydrogens (tertiary/aromatic N) is 4. The molecule has 0 aromatic heterocycles. The van der Waals surface area contributed by atoms with Crippen molar-refractivity contribution in [2.24, 2.45) is 26.4 Å². The van der Waals surface area contributed by atoms with E-state index in [1.165, 1.54) is 37.3 Å². The Morgan fingerprint density at radius 1 is 0.746 bits per heavy atom. The third-order valence-corrected chi connectivity index (χ3v) is 12.8. The van der Waals surface area contributed by atoms with Gasteiger partial charge in [-0.15, -0.1) is 6.58 Å². The summed E-state index contributed by atoms with van der Waals surface area (Å²) in [7, 11) is -2.49. The van der Waals surface area contributed by atoms with E-state index in [1.807, 2.05) is 6.92 Å².